The number of phenols is 1. The predicted molar refractivity (Wildman–Crippen MR) is 70.2 cm³/mol. The van der Waals surface area contributed by atoms with Gasteiger partial charge < -0.3 is 10.4 Å². The van der Waals surface area contributed by atoms with Gasteiger partial charge in [0.15, 0.2) is 0 Å². The molecule has 3 nitrogen and oxygen atoms in total. The number of nitrogens with one attached hydrogen (secondary N) is 1. The quantitative estimate of drug-likeness (QED) is 0.860. The monoisotopic (exact) mass is 263 g/mol. The van der Waals surface area contributed by atoms with Gasteiger partial charge in [-0.3, -0.25) is 4.79 Å². The first-order valence-electron chi connectivity index (χ1n) is 6.79. The van der Waals surface area contributed by atoms with Crippen molar-refractivity contribution >= 4 is 11.6 Å². The molecule has 0 aliphatic heterocycles. The van der Waals surface area contributed by atoms with E-state index in [-0.39, 0.29) is 22.8 Å². The third-order valence-corrected chi connectivity index (χ3v) is 4.87. The highest BCUT2D eigenvalue weighted by Crippen LogP contribution is 2.56. The second-order valence-corrected chi connectivity index (χ2v) is 6.12. The van der Waals surface area contributed by atoms with Crippen molar-refractivity contribution in [3.05, 3.63) is 24.0 Å². The van der Waals surface area contributed by atoms with Gasteiger partial charge in [-0.25, -0.2) is 4.39 Å². The Kier molecular flexibility index (Phi) is 2.77. The van der Waals surface area contributed by atoms with Crippen molar-refractivity contribution in [3.63, 3.8) is 0 Å². The van der Waals surface area contributed by atoms with Crippen LogP contribution in [0.3, 0.4) is 0 Å². The smallest absolute Gasteiger partial charge is 0.230 e. The van der Waals surface area contributed by atoms with Crippen molar-refractivity contribution in [3.8, 4) is 5.75 Å². The van der Waals surface area contributed by atoms with Crippen molar-refractivity contribution in [2.75, 3.05) is 5.32 Å². The van der Waals surface area contributed by atoms with Crippen molar-refractivity contribution < 1.29 is 14.3 Å². The fourth-order valence-corrected chi connectivity index (χ4v) is 3.76. The SMILES string of the molecule is CC1(C(=O)Nc2cc(O)ccc2F)CC2CCC1C2. The van der Waals surface area contributed by atoms with E-state index in [1.54, 1.807) is 0 Å². The minimum atomic E-state index is -0.516. The largest absolute Gasteiger partial charge is 0.508 e. The lowest BCUT2D eigenvalue weighted by Crippen LogP contribution is -2.38. The molecule has 3 rings (SSSR count). The maximum Gasteiger partial charge on any atom is 0.230 e. The Bertz CT molecular complexity index is 531. The highest BCUT2D eigenvalue weighted by atomic mass is 19.1. The lowest BCUT2D eigenvalue weighted by Gasteiger charge is -2.32. The average Bonchev–Trinajstić information content (AvgIpc) is 2.94. The predicted octanol–water partition coefficient (Wildman–Crippen LogP) is 3.30. The van der Waals surface area contributed by atoms with E-state index < -0.39 is 5.82 Å². The molecule has 4 heteroatoms. The summed E-state index contributed by atoms with van der Waals surface area (Å²) in [6.45, 7) is 1.98. The van der Waals surface area contributed by atoms with E-state index >= 15 is 0 Å². The number of carbonyl (C=O) groups excluding carboxylic acids is 1. The fourth-order valence-electron chi connectivity index (χ4n) is 3.76. The molecule has 3 atom stereocenters. The normalized spacial score (nSPS) is 32.5. The van der Waals surface area contributed by atoms with Gasteiger partial charge in [0.1, 0.15) is 11.6 Å². The van der Waals surface area contributed by atoms with Gasteiger partial charge in [-0.15, -0.1) is 0 Å². The zero-order valence-corrected chi connectivity index (χ0v) is 10.9. The highest BCUT2D eigenvalue weighted by molar-refractivity contribution is 5.95. The number of fused-ring (bicyclic) bond motifs is 2. The summed E-state index contributed by atoms with van der Waals surface area (Å²) in [5.74, 6) is 0.379. The molecular weight excluding hydrogens is 245 g/mol. The zero-order chi connectivity index (χ0) is 13.6. The van der Waals surface area contributed by atoms with E-state index in [1.165, 1.54) is 18.6 Å². The van der Waals surface area contributed by atoms with Crippen molar-refractivity contribution in [2.24, 2.45) is 17.3 Å². The van der Waals surface area contributed by atoms with Gasteiger partial charge in [-0.2, -0.15) is 0 Å². The second kappa shape index (κ2) is 4.22. The number of phenolic OH excluding ortho intramolecular Hbond substituents is 1. The third kappa shape index (κ3) is 1.99. The van der Waals surface area contributed by atoms with E-state index in [0.717, 1.165) is 25.3 Å². The first kappa shape index (κ1) is 12.5. The van der Waals surface area contributed by atoms with Gasteiger partial charge in [0.25, 0.3) is 0 Å². The zero-order valence-electron chi connectivity index (χ0n) is 10.9. The Morgan fingerprint density at radius 2 is 2.26 bits per heavy atom. The highest BCUT2D eigenvalue weighted by Gasteiger charge is 2.52. The first-order chi connectivity index (χ1) is 8.99. The summed E-state index contributed by atoms with van der Waals surface area (Å²) < 4.78 is 13.6. The van der Waals surface area contributed by atoms with Gasteiger partial charge in [-0.1, -0.05) is 13.3 Å². The lowest BCUT2D eigenvalue weighted by molar-refractivity contribution is -0.127. The number of rotatable bonds is 2. The maximum atomic E-state index is 13.6. The molecule has 1 amide bonds. The van der Waals surface area contributed by atoms with E-state index in [2.05, 4.69) is 5.32 Å². The minimum absolute atomic E-state index is 0.0465. The molecule has 0 aromatic heterocycles. The Hall–Kier alpha value is -1.58. The van der Waals surface area contributed by atoms with E-state index in [9.17, 15) is 14.3 Å². The topological polar surface area (TPSA) is 49.3 Å². The third-order valence-electron chi connectivity index (χ3n) is 4.87. The van der Waals surface area contributed by atoms with Crippen LogP contribution in [0.15, 0.2) is 18.2 Å². The van der Waals surface area contributed by atoms with E-state index in [4.69, 9.17) is 0 Å². The molecule has 2 saturated carbocycles. The summed E-state index contributed by atoms with van der Waals surface area (Å²) in [6, 6.07) is 3.68. The molecule has 1 aromatic rings. The minimum Gasteiger partial charge on any atom is -0.508 e. The molecule has 2 N–H and O–H groups in total. The van der Waals surface area contributed by atoms with Crippen molar-refractivity contribution in [1.29, 1.82) is 0 Å². The van der Waals surface area contributed by atoms with Gasteiger partial charge in [-0.05, 0) is 43.2 Å². The van der Waals surface area contributed by atoms with Crippen LogP contribution in [0.4, 0.5) is 10.1 Å². The molecule has 0 saturated heterocycles. The number of amides is 1. The van der Waals surface area contributed by atoms with Crippen LogP contribution in [0, 0.1) is 23.1 Å². The number of benzene rings is 1. The van der Waals surface area contributed by atoms with Crippen LogP contribution in [0.2, 0.25) is 0 Å². The van der Waals surface area contributed by atoms with Crippen LogP contribution >= 0.6 is 0 Å². The number of anilines is 1. The average molecular weight is 263 g/mol. The van der Waals surface area contributed by atoms with Crippen LogP contribution in [-0.2, 0) is 4.79 Å². The van der Waals surface area contributed by atoms with Gasteiger partial charge >= 0.3 is 0 Å². The van der Waals surface area contributed by atoms with Crippen LogP contribution in [0.25, 0.3) is 0 Å². The molecule has 2 aliphatic rings. The molecule has 0 heterocycles. The van der Waals surface area contributed by atoms with Crippen LogP contribution in [-0.4, -0.2) is 11.0 Å². The Balaban J connectivity index is 1.80. The fraction of sp³-hybridized carbons (Fsp3) is 0.533. The van der Waals surface area contributed by atoms with Crippen LogP contribution in [0.1, 0.15) is 32.6 Å². The summed E-state index contributed by atoms with van der Waals surface area (Å²) in [5, 5.41) is 12.0. The van der Waals surface area contributed by atoms with Crippen LogP contribution < -0.4 is 5.32 Å². The summed E-state index contributed by atoms with van der Waals surface area (Å²) in [6.07, 6.45) is 4.32. The first-order valence-corrected chi connectivity index (χ1v) is 6.79. The molecular formula is C15H18FNO2. The summed E-state index contributed by atoms with van der Waals surface area (Å²) in [4.78, 5) is 12.4. The standard InChI is InChI=1S/C15H18FNO2/c1-15(8-9-2-3-10(15)6-9)14(19)17-13-7-11(18)4-5-12(13)16/h4-5,7,9-10,18H,2-3,6,8H2,1H3,(H,17,19). The Morgan fingerprint density at radius 1 is 1.47 bits per heavy atom. The second-order valence-electron chi connectivity index (χ2n) is 6.12. The Labute approximate surface area is 111 Å². The molecule has 3 unspecified atom stereocenters. The molecule has 2 bridgehead atoms. The van der Waals surface area contributed by atoms with Crippen molar-refractivity contribution in [1.82, 2.24) is 0 Å². The number of hydrogen-bond donors (Lipinski definition) is 2. The van der Waals surface area contributed by atoms with Crippen LogP contribution in [0.5, 0.6) is 5.75 Å². The van der Waals surface area contributed by atoms with Crippen molar-refractivity contribution in [2.45, 2.75) is 32.6 Å². The lowest BCUT2D eigenvalue weighted by atomic mass is 9.74. The molecule has 0 radical (unpaired) electrons. The molecule has 102 valence electrons. The number of aromatic hydroxyl groups is 1. The maximum absolute atomic E-state index is 13.6. The number of carbonyl (C=O) groups is 1. The summed E-state index contributed by atoms with van der Waals surface area (Å²) in [7, 11) is 0. The molecule has 19 heavy (non-hydrogen) atoms. The molecule has 1 aromatic carbocycles. The van der Waals surface area contributed by atoms with Gasteiger partial charge in [0, 0.05) is 11.5 Å². The number of hydrogen-bond acceptors (Lipinski definition) is 2. The van der Waals surface area contributed by atoms with E-state index in [1.807, 2.05) is 6.92 Å². The summed E-state index contributed by atoms with van der Waals surface area (Å²) in [5.41, 5.74) is -0.324. The van der Waals surface area contributed by atoms with Gasteiger partial charge in [0.2, 0.25) is 5.91 Å². The van der Waals surface area contributed by atoms with Gasteiger partial charge in [0.05, 0.1) is 5.69 Å². The Morgan fingerprint density at radius 3 is 2.89 bits per heavy atom. The summed E-state index contributed by atoms with van der Waals surface area (Å²) >= 11 is 0. The van der Waals surface area contributed by atoms with E-state index in [0.29, 0.717) is 11.8 Å². The molecule has 0 spiro atoms. The number of halogens is 1. The molecule has 2 fully saturated rings. The molecule has 2 aliphatic carbocycles.